The fourth-order valence-electron chi connectivity index (χ4n) is 1.64. The monoisotopic (exact) mass is 319 g/mol. The van der Waals surface area contributed by atoms with Gasteiger partial charge in [0.25, 0.3) is 0 Å². The molecule has 1 aromatic heterocycles. The number of hydrogen-bond donors (Lipinski definition) is 2. The highest BCUT2D eigenvalue weighted by Gasteiger charge is 2.39. The van der Waals surface area contributed by atoms with Gasteiger partial charge in [-0.25, -0.2) is 4.98 Å². The van der Waals surface area contributed by atoms with E-state index in [4.69, 9.17) is 5.73 Å². The van der Waals surface area contributed by atoms with E-state index in [9.17, 15) is 26.3 Å². The second kappa shape index (κ2) is 5.13. The maximum atomic E-state index is 12.7. The number of nitrogens with one attached hydrogen (secondary N) is 1. The summed E-state index contributed by atoms with van der Waals surface area (Å²) in [6, 6.07) is 0.625. The lowest BCUT2D eigenvalue weighted by atomic mass is 10.1. The number of rotatable bonds is 1. The van der Waals surface area contributed by atoms with Crippen molar-refractivity contribution in [2.24, 2.45) is 5.73 Å². The van der Waals surface area contributed by atoms with Gasteiger partial charge in [-0.1, -0.05) is 0 Å². The van der Waals surface area contributed by atoms with Crippen molar-refractivity contribution in [2.75, 3.05) is 0 Å². The predicted molar refractivity (Wildman–Crippen MR) is 61.2 cm³/mol. The summed E-state index contributed by atoms with van der Waals surface area (Å²) in [6.07, 6.45) is -9.80. The molecular weight excluding hydrogens is 312 g/mol. The fraction of sp³-hybridized carbons (Fsp3) is 0.300. The first-order valence-electron chi connectivity index (χ1n) is 5.00. The lowest BCUT2D eigenvalue weighted by Gasteiger charge is -2.11. The Kier molecular flexibility index (Phi) is 4.25. The van der Waals surface area contributed by atoms with Crippen molar-refractivity contribution < 1.29 is 26.3 Å². The number of imidazole rings is 1. The molecule has 20 heavy (non-hydrogen) atoms. The van der Waals surface area contributed by atoms with E-state index < -0.39 is 29.0 Å². The predicted octanol–water partition coefficient (Wildman–Crippen LogP) is 3.48. The third-order valence-electron chi connectivity index (χ3n) is 2.46. The average molecular weight is 320 g/mol. The maximum absolute atomic E-state index is 12.7. The first-order valence-corrected chi connectivity index (χ1v) is 5.00. The van der Waals surface area contributed by atoms with Crippen molar-refractivity contribution in [3.05, 3.63) is 29.1 Å². The van der Waals surface area contributed by atoms with Crippen molar-refractivity contribution in [3.8, 4) is 0 Å². The summed E-state index contributed by atoms with van der Waals surface area (Å²) in [6.45, 7) is -0.201. The number of fused-ring (bicyclic) bond motifs is 1. The summed E-state index contributed by atoms with van der Waals surface area (Å²) in [5, 5.41) is 0. The molecule has 10 heteroatoms. The van der Waals surface area contributed by atoms with Crippen LogP contribution < -0.4 is 5.73 Å². The molecule has 3 nitrogen and oxygen atoms in total. The second-order valence-electron chi connectivity index (χ2n) is 3.80. The third-order valence-corrected chi connectivity index (χ3v) is 2.46. The molecule has 0 fully saturated rings. The number of hydrogen-bond acceptors (Lipinski definition) is 2. The number of benzene rings is 1. The Morgan fingerprint density at radius 1 is 1.05 bits per heavy atom. The van der Waals surface area contributed by atoms with Gasteiger partial charge >= 0.3 is 12.4 Å². The first kappa shape index (κ1) is 16.6. The minimum atomic E-state index is -4.93. The van der Waals surface area contributed by atoms with Crippen LogP contribution in [0.2, 0.25) is 0 Å². The van der Waals surface area contributed by atoms with Gasteiger partial charge in [0.1, 0.15) is 11.3 Å². The number of aromatic amines is 1. The van der Waals surface area contributed by atoms with Gasteiger partial charge in [-0.15, -0.1) is 12.4 Å². The normalized spacial score (nSPS) is 12.6. The second-order valence-corrected chi connectivity index (χ2v) is 3.80. The smallest absolute Gasteiger partial charge is 0.341 e. The zero-order chi connectivity index (χ0) is 14.4. The van der Waals surface area contributed by atoms with E-state index in [2.05, 4.69) is 9.97 Å². The van der Waals surface area contributed by atoms with Gasteiger partial charge in [0, 0.05) is 0 Å². The molecule has 0 saturated carbocycles. The number of nitrogens with zero attached hydrogens (tertiary/aromatic N) is 1. The van der Waals surface area contributed by atoms with Crippen molar-refractivity contribution in [1.29, 1.82) is 0 Å². The van der Waals surface area contributed by atoms with Gasteiger partial charge in [0.15, 0.2) is 0 Å². The molecule has 0 saturated heterocycles. The third kappa shape index (κ3) is 2.98. The Morgan fingerprint density at radius 2 is 1.65 bits per heavy atom. The van der Waals surface area contributed by atoms with Crippen molar-refractivity contribution in [2.45, 2.75) is 18.9 Å². The van der Waals surface area contributed by atoms with Crippen molar-refractivity contribution in [3.63, 3.8) is 0 Å². The van der Waals surface area contributed by atoms with Crippen LogP contribution in [0, 0.1) is 0 Å². The van der Waals surface area contributed by atoms with E-state index in [1.54, 1.807) is 0 Å². The SMILES string of the molecule is Cl.NCc1nc2c(C(F)(F)F)cc(C(F)(F)F)cc2[nH]1. The number of alkyl halides is 6. The number of halogens is 7. The Bertz CT molecular complexity index is 616. The molecule has 2 aromatic rings. The molecule has 0 spiro atoms. The summed E-state index contributed by atoms with van der Waals surface area (Å²) in [5.74, 6) is -0.0141. The fourth-order valence-corrected chi connectivity index (χ4v) is 1.64. The molecule has 1 heterocycles. The van der Waals surface area contributed by atoms with Gasteiger partial charge in [0.2, 0.25) is 0 Å². The molecule has 0 aliphatic carbocycles. The van der Waals surface area contributed by atoms with Crippen LogP contribution in [0.15, 0.2) is 12.1 Å². The minimum Gasteiger partial charge on any atom is -0.341 e. The highest BCUT2D eigenvalue weighted by molar-refractivity contribution is 5.85. The lowest BCUT2D eigenvalue weighted by molar-refractivity contribution is -0.142. The highest BCUT2D eigenvalue weighted by atomic mass is 35.5. The summed E-state index contributed by atoms with van der Waals surface area (Å²) in [5.41, 5.74) is 1.46. The molecule has 0 atom stereocenters. The average Bonchev–Trinajstić information content (AvgIpc) is 2.67. The van der Waals surface area contributed by atoms with Gasteiger partial charge in [-0.3, -0.25) is 0 Å². The van der Waals surface area contributed by atoms with E-state index in [0.717, 1.165) is 0 Å². The molecule has 0 radical (unpaired) electrons. The lowest BCUT2D eigenvalue weighted by Crippen LogP contribution is -2.11. The molecule has 2 rings (SSSR count). The van der Waals surface area contributed by atoms with Crippen LogP contribution in [-0.4, -0.2) is 9.97 Å². The van der Waals surface area contributed by atoms with E-state index in [-0.39, 0.29) is 36.4 Å². The summed E-state index contributed by atoms with van der Waals surface area (Å²) in [4.78, 5) is 5.89. The molecule has 112 valence electrons. The summed E-state index contributed by atoms with van der Waals surface area (Å²) in [7, 11) is 0. The van der Waals surface area contributed by atoms with Crippen molar-refractivity contribution in [1.82, 2.24) is 9.97 Å². The van der Waals surface area contributed by atoms with Crippen LogP contribution in [0.25, 0.3) is 11.0 Å². The van der Waals surface area contributed by atoms with Gasteiger partial charge in [0.05, 0.1) is 23.2 Å². The summed E-state index contributed by atoms with van der Waals surface area (Å²) >= 11 is 0. The topological polar surface area (TPSA) is 54.7 Å². The largest absolute Gasteiger partial charge is 0.418 e. The molecule has 0 bridgehead atoms. The Hall–Kier alpha value is -1.48. The minimum absolute atomic E-state index is 0. The van der Waals surface area contributed by atoms with Crippen molar-refractivity contribution >= 4 is 23.4 Å². The van der Waals surface area contributed by atoms with Crippen LogP contribution in [-0.2, 0) is 18.9 Å². The zero-order valence-electron chi connectivity index (χ0n) is 9.56. The van der Waals surface area contributed by atoms with Crippen LogP contribution >= 0.6 is 12.4 Å². The number of nitrogens with two attached hydrogens (primary N) is 1. The molecule has 0 aliphatic rings. The highest BCUT2D eigenvalue weighted by Crippen LogP contribution is 2.39. The molecule has 3 N–H and O–H groups in total. The van der Waals surface area contributed by atoms with Gasteiger partial charge in [-0.05, 0) is 12.1 Å². The van der Waals surface area contributed by atoms with Crippen LogP contribution in [0.1, 0.15) is 17.0 Å². The van der Waals surface area contributed by atoms with Crippen LogP contribution in [0.3, 0.4) is 0 Å². The van der Waals surface area contributed by atoms with Gasteiger partial charge < -0.3 is 10.7 Å². The van der Waals surface area contributed by atoms with E-state index in [1.165, 1.54) is 0 Å². The van der Waals surface area contributed by atoms with E-state index >= 15 is 0 Å². The molecule has 0 unspecified atom stereocenters. The quantitative estimate of drug-likeness (QED) is 0.791. The Labute approximate surface area is 114 Å². The van der Waals surface area contributed by atoms with Gasteiger partial charge in [-0.2, -0.15) is 26.3 Å². The van der Waals surface area contributed by atoms with E-state index in [0.29, 0.717) is 6.07 Å². The van der Waals surface area contributed by atoms with Crippen LogP contribution in [0.4, 0.5) is 26.3 Å². The van der Waals surface area contributed by atoms with E-state index in [1.807, 2.05) is 0 Å². The maximum Gasteiger partial charge on any atom is 0.418 e. The van der Waals surface area contributed by atoms with Crippen LogP contribution in [0.5, 0.6) is 0 Å². The molecular formula is C10H8ClF6N3. The molecule has 1 aromatic carbocycles. The molecule has 0 amide bonds. The Morgan fingerprint density at radius 3 is 2.10 bits per heavy atom. The standard InChI is InChI=1S/C10H7F6N3.ClH/c11-9(12,13)4-1-5(10(14,15)16)8-6(2-4)18-7(3-17)19-8;/h1-2H,3,17H2,(H,18,19);1H. The molecule has 0 aliphatic heterocycles. The zero-order valence-corrected chi connectivity index (χ0v) is 10.4. The number of aromatic nitrogens is 2. The number of H-pyrrole nitrogens is 1. The first-order chi connectivity index (χ1) is 8.63. The Balaban J connectivity index is 0.00000200. The summed E-state index contributed by atoms with van der Waals surface area (Å²) < 4.78 is 75.9.